The molecule has 2 amide bonds. The van der Waals surface area contributed by atoms with Gasteiger partial charge in [-0.25, -0.2) is 8.42 Å². The van der Waals surface area contributed by atoms with Crippen LogP contribution < -0.4 is 5.32 Å². The van der Waals surface area contributed by atoms with Crippen LogP contribution in [0.15, 0.2) is 29.2 Å². The Bertz CT molecular complexity index is 937. The summed E-state index contributed by atoms with van der Waals surface area (Å²) in [5.74, 6) is -0.193. The number of carbonyl (C=O) groups is 2. The van der Waals surface area contributed by atoms with E-state index in [1.807, 2.05) is 0 Å². The van der Waals surface area contributed by atoms with Gasteiger partial charge in [-0.15, -0.1) is 0 Å². The molecule has 3 fully saturated rings. The summed E-state index contributed by atoms with van der Waals surface area (Å²) in [5.41, 5.74) is 0. The van der Waals surface area contributed by atoms with Gasteiger partial charge in [-0.3, -0.25) is 9.59 Å². The van der Waals surface area contributed by atoms with Crippen LogP contribution in [0, 0.1) is 0 Å². The highest BCUT2D eigenvalue weighted by Gasteiger charge is 2.43. The molecule has 2 aliphatic heterocycles. The minimum Gasteiger partial charge on any atom is -0.376 e. The van der Waals surface area contributed by atoms with Gasteiger partial charge in [0.05, 0.1) is 11.0 Å². The van der Waals surface area contributed by atoms with Gasteiger partial charge in [-0.1, -0.05) is 11.6 Å². The zero-order valence-corrected chi connectivity index (χ0v) is 20.3. The topological polar surface area (TPSA) is 96.0 Å². The Hall–Kier alpha value is -1.68. The smallest absolute Gasteiger partial charge is 0.243 e. The molecule has 8 nitrogen and oxygen atoms in total. The quantitative estimate of drug-likeness (QED) is 0.565. The van der Waals surface area contributed by atoms with Gasteiger partial charge in [0.2, 0.25) is 21.8 Å². The summed E-state index contributed by atoms with van der Waals surface area (Å²) >= 11 is 5.93. The minimum absolute atomic E-state index is 0.0328. The highest BCUT2D eigenvalue weighted by molar-refractivity contribution is 7.89. The van der Waals surface area contributed by atoms with E-state index in [4.69, 9.17) is 16.3 Å². The highest BCUT2D eigenvalue weighted by atomic mass is 35.5. The third-order valence-electron chi connectivity index (χ3n) is 6.59. The van der Waals surface area contributed by atoms with Crippen molar-refractivity contribution in [1.29, 1.82) is 0 Å². The summed E-state index contributed by atoms with van der Waals surface area (Å²) in [5, 5.41) is 3.34. The van der Waals surface area contributed by atoms with E-state index in [-0.39, 0.29) is 47.7 Å². The van der Waals surface area contributed by atoms with E-state index in [1.54, 1.807) is 33.5 Å². The molecule has 0 aromatic heterocycles. The van der Waals surface area contributed by atoms with E-state index in [2.05, 4.69) is 5.32 Å². The number of benzene rings is 1. The van der Waals surface area contributed by atoms with Gasteiger partial charge in [-0.2, -0.15) is 4.31 Å². The second kappa shape index (κ2) is 10.7. The number of hydrogen-bond acceptors (Lipinski definition) is 5. The third kappa shape index (κ3) is 6.26. The summed E-state index contributed by atoms with van der Waals surface area (Å²) < 4.78 is 33.8. The molecule has 2 saturated heterocycles. The van der Waals surface area contributed by atoms with Crippen LogP contribution >= 0.6 is 11.6 Å². The monoisotopic (exact) mass is 497 g/mol. The second-order valence-corrected chi connectivity index (χ2v) is 11.4. The lowest BCUT2D eigenvalue weighted by molar-refractivity contribution is -0.134. The van der Waals surface area contributed by atoms with E-state index in [1.165, 1.54) is 0 Å². The Kier molecular flexibility index (Phi) is 7.94. The maximum absolute atomic E-state index is 13.3. The number of piperidine rings is 1. The van der Waals surface area contributed by atoms with Crippen LogP contribution in [0.2, 0.25) is 5.02 Å². The van der Waals surface area contributed by atoms with Crippen molar-refractivity contribution in [2.45, 2.75) is 74.4 Å². The van der Waals surface area contributed by atoms with Crippen molar-refractivity contribution in [2.24, 2.45) is 0 Å². The third-order valence-corrected chi connectivity index (χ3v) is 8.86. The Morgan fingerprint density at radius 1 is 1.03 bits per heavy atom. The average Bonchev–Trinajstić information content (AvgIpc) is 3.49. The number of amides is 2. The predicted octanol–water partition coefficient (Wildman–Crippen LogP) is 2.56. The number of rotatable bonds is 9. The standard InChI is InChI=1S/C23H32ClN3O5S/c24-17-3-7-21(8-4-17)33(30,31)27(18-5-6-18)19-11-13-26(14-12-19)23(29)10-9-22(28)25-16-20-2-1-15-32-20/h3-4,7-8,18-20H,1-2,5-6,9-16H2,(H,25,28). The lowest BCUT2D eigenvalue weighted by Crippen LogP contribution is -2.49. The van der Waals surface area contributed by atoms with E-state index in [0.29, 0.717) is 37.5 Å². The number of halogens is 1. The fourth-order valence-corrected chi connectivity index (χ4v) is 6.67. The summed E-state index contributed by atoms with van der Waals surface area (Å²) in [4.78, 5) is 26.7. The molecule has 182 valence electrons. The van der Waals surface area contributed by atoms with Crippen LogP contribution in [0.25, 0.3) is 0 Å². The van der Waals surface area contributed by atoms with Gasteiger partial charge in [0, 0.05) is 56.2 Å². The average molecular weight is 498 g/mol. The van der Waals surface area contributed by atoms with E-state index >= 15 is 0 Å². The number of nitrogens with zero attached hydrogens (tertiary/aromatic N) is 2. The van der Waals surface area contributed by atoms with Crippen molar-refractivity contribution < 1.29 is 22.7 Å². The zero-order chi connectivity index (χ0) is 23.4. The van der Waals surface area contributed by atoms with Crippen molar-refractivity contribution >= 4 is 33.4 Å². The maximum atomic E-state index is 13.3. The predicted molar refractivity (Wildman–Crippen MR) is 124 cm³/mol. The molecule has 1 aromatic rings. The van der Waals surface area contributed by atoms with Crippen molar-refractivity contribution in [1.82, 2.24) is 14.5 Å². The molecule has 1 aliphatic carbocycles. The van der Waals surface area contributed by atoms with Gasteiger partial charge >= 0.3 is 0 Å². The van der Waals surface area contributed by atoms with Crippen LogP contribution in [-0.2, 0) is 24.3 Å². The Balaban J connectivity index is 1.26. The number of nitrogens with one attached hydrogen (secondary N) is 1. The lowest BCUT2D eigenvalue weighted by atomic mass is 10.0. The Labute approximate surface area is 200 Å². The molecule has 3 aliphatic rings. The molecule has 4 rings (SSSR count). The molecular weight excluding hydrogens is 466 g/mol. The first-order valence-corrected chi connectivity index (χ1v) is 13.6. The summed E-state index contributed by atoms with van der Waals surface area (Å²) in [6.45, 7) is 2.24. The number of ether oxygens (including phenoxy) is 1. The first-order valence-electron chi connectivity index (χ1n) is 11.8. The molecule has 1 N–H and O–H groups in total. The molecule has 33 heavy (non-hydrogen) atoms. The second-order valence-electron chi connectivity index (χ2n) is 9.07. The summed E-state index contributed by atoms with van der Waals surface area (Å²) in [6.07, 6.45) is 5.32. The van der Waals surface area contributed by atoms with Crippen LogP contribution in [0.3, 0.4) is 0 Å². The first kappa shape index (κ1) is 24.4. The van der Waals surface area contributed by atoms with E-state index < -0.39 is 10.0 Å². The fraction of sp³-hybridized carbons (Fsp3) is 0.652. The maximum Gasteiger partial charge on any atom is 0.243 e. The Morgan fingerprint density at radius 2 is 1.70 bits per heavy atom. The highest BCUT2D eigenvalue weighted by Crippen LogP contribution is 2.37. The molecule has 1 saturated carbocycles. The summed E-state index contributed by atoms with van der Waals surface area (Å²) in [6, 6.07) is 6.20. The number of likely N-dealkylation sites (tertiary alicyclic amines) is 1. The van der Waals surface area contributed by atoms with Crippen LogP contribution in [0.5, 0.6) is 0 Å². The normalized spacial score (nSPS) is 22.0. The van der Waals surface area contributed by atoms with Crippen LogP contribution in [-0.4, -0.2) is 73.9 Å². The molecule has 2 heterocycles. The zero-order valence-electron chi connectivity index (χ0n) is 18.7. The van der Waals surface area contributed by atoms with Crippen molar-refractivity contribution in [3.63, 3.8) is 0 Å². The van der Waals surface area contributed by atoms with Crippen molar-refractivity contribution in [2.75, 3.05) is 26.2 Å². The lowest BCUT2D eigenvalue weighted by Gasteiger charge is -2.38. The van der Waals surface area contributed by atoms with E-state index in [0.717, 1.165) is 32.3 Å². The molecule has 1 atom stereocenters. The van der Waals surface area contributed by atoms with Gasteiger partial charge in [0.25, 0.3) is 0 Å². The number of carbonyl (C=O) groups excluding carboxylic acids is 2. The summed E-state index contributed by atoms with van der Waals surface area (Å²) in [7, 11) is -3.62. The van der Waals surface area contributed by atoms with E-state index in [9.17, 15) is 18.0 Å². The van der Waals surface area contributed by atoms with Crippen molar-refractivity contribution in [3.05, 3.63) is 29.3 Å². The van der Waals surface area contributed by atoms with Gasteiger partial charge < -0.3 is 15.0 Å². The van der Waals surface area contributed by atoms with Gasteiger partial charge in [0.1, 0.15) is 0 Å². The molecule has 1 aromatic carbocycles. The SMILES string of the molecule is O=C(CCC(=O)N1CCC(N(C2CC2)S(=O)(=O)c2ccc(Cl)cc2)CC1)NCC1CCCO1. The molecular formula is C23H32ClN3O5S. The minimum atomic E-state index is -3.62. The molecule has 0 radical (unpaired) electrons. The van der Waals surface area contributed by atoms with Crippen LogP contribution in [0.4, 0.5) is 0 Å². The largest absolute Gasteiger partial charge is 0.376 e. The number of hydrogen-bond donors (Lipinski definition) is 1. The first-order chi connectivity index (χ1) is 15.8. The van der Waals surface area contributed by atoms with Gasteiger partial charge in [0.15, 0.2) is 0 Å². The molecule has 0 spiro atoms. The molecule has 0 bridgehead atoms. The van der Waals surface area contributed by atoms with Gasteiger partial charge in [-0.05, 0) is 62.8 Å². The fourth-order valence-electron chi connectivity index (χ4n) is 4.62. The Morgan fingerprint density at radius 3 is 2.30 bits per heavy atom. The molecule has 1 unspecified atom stereocenters. The van der Waals surface area contributed by atoms with Crippen molar-refractivity contribution in [3.8, 4) is 0 Å². The number of sulfonamides is 1. The van der Waals surface area contributed by atoms with Crippen LogP contribution in [0.1, 0.15) is 51.4 Å². The molecule has 10 heteroatoms.